The first-order valence-electron chi connectivity index (χ1n) is 7.63. The summed E-state index contributed by atoms with van der Waals surface area (Å²) < 4.78 is 49.3. The van der Waals surface area contributed by atoms with E-state index >= 15 is 0 Å². The van der Waals surface area contributed by atoms with Crippen molar-refractivity contribution in [3.05, 3.63) is 47.0 Å². The number of halogens is 4. The lowest BCUT2D eigenvalue weighted by molar-refractivity contribution is -0.137. The SMILES string of the molecule is O=C(CNc1ccc(Cl)c(C(F)(F)F)c1)Nc1ccc2c(c1)OCCO2. The van der Waals surface area contributed by atoms with Crippen molar-refractivity contribution in [3.8, 4) is 11.5 Å². The fourth-order valence-corrected chi connectivity index (χ4v) is 2.59. The zero-order valence-electron chi connectivity index (χ0n) is 13.3. The third-order valence-electron chi connectivity index (χ3n) is 3.55. The second kappa shape index (κ2) is 7.33. The average molecular weight is 387 g/mol. The predicted molar refractivity (Wildman–Crippen MR) is 91.0 cm³/mol. The van der Waals surface area contributed by atoms with E-state index < -0.39 is 22.7 Å². The van der Waals surface area contributed by atoms with Crippen LogP contribution < -0.4 is 20.1 Å². The number of fused-ring (bicyclic) bond motifs is 1. The number of nitrogens with one attached hydrogen (secondary N) is 2. The predicted octanol–water partition coefficient (Wildman–Crippen LogP) is 4.18. The molecule has 1 aliphatic heterocycles. The lowest BCUT2D eigenvalue weighted by atomic mass is 10.2. The van der Waals surface area contributed by atoms with Crippen LogP contribution in [0.5, 0.6) is 11.5 Å². The maximum atomic E-state index is 12.8. The van der Waals surface area contributed by atoms with E-state index in [4.69, 9.17) is 21.1 Å². The van der Waals surface area contributed by atoms with Gasteiger partial charge in [0.2, 0.25) is 5.91 Å². The minimum absolute atomic E-state index is 0.138. The summed E-state index contributed by atoms with van der Waals surface area (Å²) in [5.41, 5.74) is -0.330. The number of rotatable bonds is 4. The molecule has 3 rings (SSSR count). The molecule has 0 saturated carbocycles. The molecule has 1 aliphatic rings. The van der Waals surface area contributed by atoms with Gasteiger partial charge in [0.15, 0.2) is 11.5 Å². The fourth-order valence-electron chi connectivity index (χ4n) is 2.36. The van der Waals surface area contributed by atoms with Crippen LogP contribution in [0.4, 0.5) is 24.5 Å². The molecule has 0 radical (unpaired) electrons. The summed E-state index contributed by atoms with van der Waals surface area (Å²) in [4.78, 5) is 12.0. The maximum absolute atomic E-state index is 12.8. The van der Waals surface area contributed by atoms with Crippen molar-refractivity contribution >= 4 is 28.9 Å². The van der Waals surface area contributed by atoms with Gasteiger partial charge in [-0.15, -0.1) is 0 Å². The molecule has 1 amide bonds. The second-order valence-electron chi connectivity index (χ2n) is 5.45. The van der Waals surface area contributed by atoms with Crippen molar-refractivity contribution in [3.63, 3.8) is 0 Å². The van der Waals surface area contributed by atoms with Crippen LogP contribution >= 0.6 is 11.6 Å². The van der Waals surface area contributed by atoms with Crippen molar-refractivity contribution in [1.82, 2.24) is 0 Å². The summed E-state index contributed by atoms with van der Waals surface area (Å²) in [6.07, 6.45) is -4.57. The number of amides is 1. The monoisotopic (exact) mass is 386 g/mol. The summed E-state index contributed by atoms with van der Waals surface area (Å²) in [5, 5.41) is 4.87. The van der Waals surface area contributed by atoms with E-state index in [1.165, 1.54) is 6.07 Å². The zero-order valence-corrected chi connectivity index (χ0v) is 14.1. The lowest BCUT2D eigenvalue weighted by Crippen LogP contribution is -2.22. The normalized spacial score (nSPS) is 13.2. The Hall–Kier alpha value is -2.61. The molecule has 0 aliphatic carbocycles. The molecule has 0 aromatic heterocycles. The molecule has 5 nitrogen and oxygen atoms in total. The zero-order chi connectivity index (χ0) is 18.7. The van der Waals surface area contributed by atoms with Gasteiger partial charge in [-0.25, -0.2) is 0 Å². The van der Waals surface area contributed by atoms with E-state index in [0.29, 0.717) is 30.4 Å². The minimum Gasteiger partial charge on any atom is -0.486 e. The average Bonchev–Trinajstić information content (AvgIpc) is 2.60. The number of ether oxygens (including phenoxy) is 2. The molecule has 9 heteroatoms. The molecular formula is C17H14ClF3N2O3. The smallest absolute Gasteiger partial charge is 0.417 e. The van der Waals surface area contributed by atoms with Gasteiger partial charge in [0.05, 0.1) is 17.1 Å². The van der Waals surface area contributed by atoms with E-state index in [1.54, 1.807) is 18.2 Å². The number of hydrogen-bond acceptors (Lipinski definition) is 4. The Balaban J connectivity index is 1.61. The molecule has 0 spiro atoms. The molecule has 0 bridgehead atoms. The number of carbonyl (C=O) groups excluding carboxylic acids is 1. The van der Waals surface area contributed by atoms with Crippen LogP contribution in [-0.4, -0.2) is 25.7 Å². The van der Waals surface area contributed by atoms with Gasteiger partial charge in [0, 0.05) is 17.4 Å². The van der Waals surface area contributed by atoms with Gasteiger partial charge in [-0.2, -0.15) is 13.2 Å². The quantitative estimate of drug-likeness (QED) is 0.827. The topological polar surface area (TPSA) is 59.6 Å². The number of alkyl halides is 3. The Morgan fingerprint density at radius 1 is 1.04 bits per heavy atom. The molecule has 1 heterocycles. The van der Waals surface area contributed by atoms with E-state index in [-0.39, 0.29) is 12.2 Å². The fraction of sp³-hybridized carbons (Fsp3) is 0.235. The Kier molecular flexibility index (Phi) is 5.13. The van der Waals surface area contributed by atoms with Gasteiger partial charge in [0.25, 0.3) is 0 Å². The summed E-state index contributed by atoms with van der Waals surface area (Å²) in [6, 6.07) is 8.30. The first kappa shape index (κ1) is 18.2. The Morgan fingerprint density at radius 2 is 1.73 bits per heavy atom. The number of anilines is 2. The van der Waals surface area contributed by atoms with Crippen molar-refractivity contribution in [2.24, 2.45) is 0 Å². The van der Waals surface area contributed by atoms with Gasteiger partial charge in [-0.3, -0.25) is 4.79 Å². The highest BCUT2D eigenvalue weighted by atomic mass is 35.5. The molecule has 0 fully saturated rings. The molecule has 2 N–H and O–H groups in total. The van der Waals surface area contributed by atoms with Crippen molar-refractivity contribution < 1.29 is 27.4 Å². The van der Waals surface area contributed by atoms with Crippen molar-refractivity contribution in [1.29, 1.82) is 0 Å². The Bertz CT molecular complexity index is 827. The van der Waals surface area contributed by atoms with Crippen LogP contribution in [0.3, 0.4) is 0 Å². The van der Waals surface area contributed by atoms with Crippen LogP contribution in [0.1, 0.15) is 5.56 Å². The van der Waals surface area contributed by atoms with Gasteiger partial charge < -0.3 is 20.1 Å². The Morgan fingerprint density at radius 3 is 2.46 bits per heavy atom. The van der Waals surface area contributed by atoms with Crippen LogP contribution in [0.15, 0.2) is 36.4 Å². The van der Waals surface area contributed by atoms with Gasteiger partial charge in [-0.05, 0) is 30.3 Å². The van der Waals surface area contributed by atoms with E-state index in [1.807, 2.05) is 0 Å². The molecular weight excluding hydrogens is 373 g/mol. The standard InChI is InChI=1S/C17H14ClF3N2O3/c18-13-3-1-10(7-12(13)17(19,20)21)22-9-16(24)23-11-2-4-14-15(8-11)26-6-5-25-14/h1-4,7-8,22H,5-6,9H2,(H,23,24). The summed E-state index contributed by atoms with van der Waals surface area (Å²) >= 11 is 5.56. The molecule has 0 saturated heterocycles. The van der Waals surface area contributed by atoms with Crippen molar-refractivity contribution in [2.45, 2.75) is 6.18 Å². The van der Waals surface area contributed by atoms with E-state index in [2.05, 4.69) is 10.6 Å². The highest BCUT2D eigenvalue weighted by Crippen LogP contribution is 2.36. The first-order valence-corrected chi connectivity index (χ1v) is 8.01. The van der Waals surface area contributed by atoms with Crippen LogP contribution in [0.2, 0.25) is 5.02 Å². The summed E-state index contributed by atoms with van der Waals surface area (Å²) in [5.74, 6) is 0.688. The van der Waals surface area contributed by atoms with E-state index in [9.17, 15) is 18.0 Å². The lowest BCUT2D eigenvalue weighted by Gasteiger charge is -2.19. The molecule has 26 heavy (non-hydrogen) atoms. The number of hydrogen-bond donors (Lipinski definition) is 2. The van der Waals surface area contributed by atoms with Gasteiger partial charge >= 0.3 is 6.18 Å². The molecule has 2 aromatic carbocycles. The van der Waals surface area contributed by atoms with Crippen LogP contribution in [-0.2, 0) is 11.0 Å². The first-order chi connectivity index (χ1) is 12.3. The summed E-state index contributed by atoms with van der Waals surface area (Å²) in [7, 11) is 0. The highest BCUT2D eigenvalue weighted by Gasteiger charge is 2.33. The second-order valence-corrected chi connectivity index (χ2v) is 5.86. The molecule has 0 atom stereocenters. The number of benzene rings is 2. The van der Waals surface area contributed by atoms with Gasteiger partial charge in [0.1, 0.15) is 13.2 Å². The third-order valence-corrected chi connectivity index (χ3v) is 3.88. The molecule has 2 aromatic rings. The van der Waals surface area contributed by atoms with Crippen LogP contribution in [0.25, 0.3) is 0 Å². The molecule has 138 valence electrons. The van der Waals surface area contributed by atoms with Crippen molar-refractivity contribution in [2.75, 3.05) is 30.4 Å². The third kappa shape index (κ3) is 4.32. The van der Waals surface area contributed by atoms with E-state index in [0.717, 1.165) is 12.1 Å². The Labute approximate surface area is 152 Å². The summed E-state index contributed by atoms with van der Waals surface area (Å²) in [6.45, 7) is 0.668. The number of carbonyl (C=O) groups is 1. The highest BCUT2D eigenvalue weighted by molar-refractivity contribution is 6.31. The van der Waals surface area contributed by atoms with Crippen LogP contribution in [0, 0.1) is 0 Å². The maximum Gasteiger partial charge on any atom is 0.417 e. The van der Waals surface area contributed by atoms with Gasteiger partial charge in [-0.1, -0.05) is 11.6 Å². The minimum atomic E-state index is -4.57. The largest absolute Gasteiger partial charge is 0.486 e. The molecule has 0 unspecified atom stereocenters.